The van der Waals surface area contributed by atoms with Crippen LogP contribution in [0.1, 0.15) is 132 Å². The lowest BCUT2D eigenvalue weighted by molar-refractivity contribution is -0.155. The number of benzene rings is 2. The van der Waals surface area contributed by atoms with Crippen LogP contribution in [-0.4, -0.2) is 85.5 Å². The van der Waals surface area contributed by atoms with E-state index < -0.39 is 19.5 Å². The van der Waals surface area contributed by atoms with Crippen molar-refractivity contribution in [1.29, 1.82) is 0 Å². The van der Waals surface area contributed by atoms with Gasteiger partial charge >= 0.3 is 11.9 Å². The quantitative estimate of drug-likeness (QED) is 0.0437. The van der Waals surface area contributed by atoms with Crippen molar-refractivity contribution in [3.63, 3.8) is 0 Å². The number of carbonyl (C=O) groups excluding carboxylic acids is 4. The first-order valence-corrected chi connectivity index (χ1v) is 24.6. The van der Waals surface area contributed by atoms with Crippen molar-refractivity contribution < 1.29 is 47.7 Å². The van der Waals surface area contributed by atoms with E-state index >= 15 is 0 Å². The zero-order valence-corrected chi connectivity index (χ0v) is 39.8. The van der Waals surface area contributed by atoms with Crippen LogP contribution >= 0.6 is 22.7 Å². The number of ketones is 2. The Labute approximate surface area is 358 Å². The Balaban J connectivity index is 0.000000324. The largest absolute Gasteiger partial charge is 0.496 e. The van der Waals surface area contributed by atoms with Gasteiger partial charge in [0.25, 0.3) is 0 Å². The Morgan fingerprint density at radius 3 is 1.41 bits per heavy atom. The van der Waals surface area contributed by atoms with E-state index in [2.05, 4.69) is 43.8 Å². The van der Waals surface area contributed by atoms with Crippen LogP contribution in [0.3, 0.4) is 0 Å². The van der Waals surface area contributed by atoms with E-state index in [9.17, 15) is 19.2 Å². The van der Waals surface area contributed by atoms with Crippen molar-refractivity contribution in [2.45, 2.75) is 143 Å². The summed E-state index contributed by atoms with van der Waals surface area (Å²) in [6.07, 6.45) is 3.26. The summed E-state index contributed by atoms with van der Waals surface area (Å²) >= 11 is 2.62. The number of methoxy groups -OCH3 is 2. The molecule has 0 bridgehead atoms. The molecule has 2 heterocycles. The number of aryl methyl sites for hydroxylation is 2. The predicted octanol–water partition coefficient (Wildman–Crippen LogP) is 10.1. The number of hydrogen-bond acceptors (Lipinski definition) is 14. The number of rotatable bonds is 18. The average Bonchev–Trinajstić information content (AvgIpc) is 3.75. The van der Waals surface area contributed by atoms with Crippen molar-refractivity contribution in [2.75, 3.05) is 27.4 Å². The lowest BCUT2D eigenvalue weighted by Gasteiger charge is -2.36. The SMILES string of the molecule is COc1cc2sc(C(=O)CCC(=O)OC(C)(C)C)nc2cc1CCCO.COc1cc2sc(C(=O)CCC(=O)OC(C)(C)C)nc2cc1CCCO[Si](C)(C)C(C)(C)C. The average molecular weight is 873 g/mol. The second-order valence-corrected chi connectivity index (χ2v) is 24.7. The number of fused-ring (bicyclic) bond motifs is 2. The summed E-state index contributed by atoms with van der Waals surface area (Å²) in [5.74, 6) is 0.438. The number of carbonyl (C=O) groups is 4. The lowest BCUT2D eigenvalue weighted by atomic mass is 10.1. The minimum atomic E-state index is -1.76. The van der Waals surface area contributed by atoms with Gasteiger partial charge in [0.1, 0.15) is 22.7 Å². The number of hydrogen-bond donors (Lipinski definition) is 1. The molecular weight excluding hydrogens is 809 g/mol. The number of thiazole rings is 2. The maximum absolute atomic E-state index is 12.6. The van der Waals surface area contributed by atoms with Crippen LogP contribution in [0.4, 0.5) is 0 Å². The molecule has 4 rings (SSSR count). The van der Waals surface area contributed by atoms with Gasteiger partial charge in [-0.3, -0.25) is 19.2 Å². The van der Waals surface area contributed by atoms with Crippen LogP contribution in [0, 0.1) is 0 Å². The van der Waals surface area contributed by atoms with Crippen molar-refractivity contribution in [1.82, 2.24) is 9.97 Å². The fourth-order valence-electron chi connectivity index (χ4n) is 5.51. The Morgan fingerprint density at radius 1 is 0.644 bits per heavy atom. The van der Waals surface area contributed by atoms with Crippen molar-refractivity contribution >= 4 is 74.9 Å². The first-order valence-electron chi connectivity index (χ1n) is 20.1. The van der Waals surface area contributed by atoms with Gasteiger partial charge in [-0.15, -0.1) is 22.7 Å². The third-order valence-corrected chi connectivity index (χ3v) is 16.1. The van der Waals surface area contributed by atoms with Gasteiger partial charge in [0.15, 0.2) is 29.9 Å². The first kappa shape index (κ1) is 49.6. The number of aliphatic hydroxyl groups is 1. The maximum Gasteiger partial charge on any atom is 0.306 e. The van der Waals surface area contributed by atoms with Gasteiger partial charge in [0, 0.05) is 26.1 Å². The summed E-state index contributed by atoms with van der Waals surface area (Å²) in [6, 6.07) is 7.71. The van der Waals surface area contributed by atoms with Crippen LogP contribution < -0.4 is 9.47 Å². The fraction of sp³-hybridized carbons (Fsp3) is 0.591. The third-order valence-electron chi connectivity index (χ3n) is 9.47. The molecule has 12 nitrogen and oxygen atoms in total. The topological polar surface area (TPSA) is 160 Å². The molecule has 0 spiro atoms. The molecular formula is C44H64N2O10S2Si. The highest BCUT2D eigenvalue weighted by atomic mass is 32.1. The Bertz CT molecular complexity index is 2070. The summed E-state index contributed by atoms with van der Waals surface area (Å²) in [7, 11) is 1.49. The second kappa shape index (κ2) is 21.2. The van der Waals surface area contributed by atoms with Crippen LogP contribution in [0.5, 0.6) is 11.5 Å². The monoisotopic (exact) mass is 872 g/mol. The number of ether oxygens (including phenoxy) is 4. The standard InChI is InChI=1S/C25H39NO5SSi.C19H25NO5S/c1-24(2,3)31-22(28)13-12-19(27)23-26-18-15-17(20(29-7)16-21(18)32-23)11-10-14-30-33(8,9)25(4,5)6;1-19(2,3)25-17(23)8-7-14(22)18-20-13-10-12(6-5-9-21)15(24-4)11-16(13)26-18/h15-16H,10-14H2,1-9H3;10-11,21H,5-9H2,1-4H3. The van der Waals surface area contributed by atoms with Gasteiger partial charge in [-0.25, -0.2) is 9.97 Å². The van der Waals surface area contributed by atoms with Crippen molar-refractivity contribution in [3.05, 3.63) is 45.4 Å². The van der Waals surface area contributed by atoms with Crippen molar-refractivity contribution in [2.24, 2.45) is 0 Å². The summed E-state index contributed by atoms with van der Waals surface area (Å²) in [5, 5.41) is 10.0. The molecule has 59 heavy (non-hydrogen) atoms. The molecule has 0 unspecified atom stereocenters. The van der Waals surface area contributed by atoms with Crippen LogP contribution in [0.2, 0.25) is 18.1 Å². The fourth-order valence-corrected chi connectivity index (χ4v) is 8.49. The highest BCUT2D eigenvalue weighted by Gasteiger charge is 2.36. The number of aliphatic hydroxyl groups excluding tert-OH is 1. The Kier molecular flexibility index (Phi) is 17.8. The molecule has 2 aromatic heterocycles. The van der Waals surface area contributed by atoms with E-state index in [4.69, 9.17) is 28.5 Å². The summed E-state index contributed by atoms with van der Waals surface area (Å²) in [4.78, 5) is 57.6. The van der Waals surface area contributed by atoms with Gasteiger partial charge in [-0.2, -0.15) is 0 Å². The van der Waals surface area contributed by atoms with E-state index in [1.807, 2.05) is 45.0 Å². The third kappa shape index (κ3) is 15.7. The molecule has 0 aliphatic rings. The van der Waals surface area contributed by atoms with E-state index in [1.54, 1.807) is 35.0 Å². The summed E-state index contributed by atoms with van der Waals surface area (Å²) in [6.45, 7) is 22.9. The van der Waals surface area contributed by atoms with Crippen LogP contribution in [0.25, 0.3) is 20.4 Å². The predicted molar refractivity (Wildman–Crippen MR) is 238 cm³/mol. The van der Waals surface area contributed by atoms with Gasteiger partial charge in [0.05, 0.1) is 47.5 Å². The molecule has 0 aliphatic carbocycles. The molecule has 1 N–H and O–H groups in total. The van der Waals surface area contributed by atoms with E-state index in [0.717, 1.165) is 55.9 Å². The Morgan fingerprint density at radius 2 is 1.05 bits per heavy atom. The first-order chi connectivity index (χ1) is 27.4. The normalized spacial score (nSPS) is 12.2. The zero-order chi connectivity index (χ0) is 44.3. The minimum Gasteiger partial charge on any atom is -0.496 e. The molecule has 0 saturated carbocycles. The molecule has 0 fully saturated rings. The number of aromatic nitrogens is 2. The molecule has 4 aromatic rings. The van der Waals surface area contributed by atoms with E-state index in [0.29, 0.717) is 29.5 Å². The minimum absolute atomic E-state index is 0.0388. The molecule has 0 aliphatic heterocycles. The zero-order valence-electron chi connectivity index (χ0n) is 37.2. The van der Waals surface area contributed by atoms with Crippen LogP contribution in [-0.2, 0) is 36.3 Å². The smallest absolute Gasteiger partial charge is 0.306 e. The molecule has 0 amide bonds. The van der Waals surface area contributed by atoms with E-state index in [-0.39, 0.29) is 60.8 Å². The molecule has 326 valence electrons. The number of nitrogens with zero attached hydrogens (tertiary/aromatic N) is 2. The Hall–Kier alpha value is -3.76. The van der Waals surface area contributed by atoms with Crippen LogP contribution in [0.15, 0.2) is 24.3 Å². The highest BCUT2D eigenvalue weighted by Crippen LogP contribution is 2.37. The molecule has 0 radical (unpaired) electrons. The highest BCUT2D eigenvalue weighted by molar-refractivity contribution is 7.20. The molecule has 0 atom stereocenters. The molecule has 2 aromatic carbocycles. The number of esters is 2. The second-order valence-electron chi connectivity index (χ2n) is 17.9. The van der Waals surface area contributed by atoms with Gasteiger partial charge in [-0.1, -0.05) is 20.8 Å². The maximum atomic E-state index is 12.6. The lowest BCUT2D eigenvalue weighted by Crippen LogP contribution is -2.41. The van der Waals surface area contributed by atoms with E-state index in [1.165, 1.54) is 22.7 Å². The summed E-state index contributed by atoms with van der Waals surface area (Å²) < 4.78 is 29.5. The summed E-state index contributed by atoms with van der Waals surface area (Å²) in [5.41, 5.74) is 2.40. The van der Waals surface area contributed by atoms with Crippen molar-refractivity contribution in [3.8, 4) is 11.5 Å². The number of Topliss-reactive ketones (excluding diaryl/α,β-unsaturated/α-hetero) is 2. The van der Waals surface area contributed by atoms with Gasteiger partial charge in [0.2, 0.25) is 0 Å². The van der Waals surface area contributed by atoms with Gasteiger partial charge in [-0.05, 0) is 121 Å². The molecule has 15 heteroatoms. The molecule has 0 saturated heterocycles. The van der Waals surface area contributed by atoms with Gasteiger partial charge < -0.3 is 28.5 Å².